The lowest BCUT2D eigenvalue weighted by molar-refractivity contribution is -0.162. The van der Waals surface area contributed by atoms with Gasteiger partial charge < -0.3 is 19.6 Å². The third-order valence-corrected chi connectivity index (χ3v) is 10.0. The second-order valence-electron chi connectivity index (χ2n) is 12.4. The van der Waals surface area contributed by atoms with Crippen LogP contribution in [0.15, 0.2) is 12.1 Å². The average molecular weight is 620 g/mol. The maximum atomic E-state index is 14.3. The van der Waals surface area contributed by atoms with Crippen LogP contribution >= 0.6 is 11.6 Å². The molecule has 2 amide bonds. The first-order chi connectivity index (χ1) is 20.6. The van der Waals surface area contributed by atoms with Crippen molar-refractivity contribution < 1.29 is 33.0 Å². The van der Waals surface area contributed by atoms with Gasteiger partial charge in [0.1, 0.15) is 23.7 Å². The number of aliphatic carboxylic acids is 1. The molecule has 1 aromatic carbocycles. The predicted molar refractivity (Wildman–Crippen MR) is 151 cm³/mol. The zero-order chi connectivity index (χ0) is 30.5. The molecule has 3 heterocycles. The second kappa shape index (κ2) is 11.7. The molecule has 2 saturated carbocycles. The predicted octanol–water partition coefficient (Wildman–Crippen LogP) is 5.11. The molecule has 2 unspecified atom stereocenters. The zero-order valence-electron chi connectivity index (χ0n) is 24.1. The van der Waals surface area contributed by atoms with Crippen molar-refractivity contribution >= 4 is 29.4 Å². The van der Waals surface area contributed by atoms with E-state index in [1.165, 1.54) is 4.68 Å². The number of amides is 2. The van der Waals surface area contributed by atoms with Crippen molar-refractivity contribution in [3.8, 4) is 5.75 Å². The first kappa shape index (κ1) is 29.8. The van der Waals surface area contributed by atoms with Gasteiger partial charge >= 0.3 is 5.97 Å². The maximum Gasteiger partial charge on any atom is 0.310 e. The van der Waals surface area contributed by atoms with Crippen LogP contribution in [0.3, 0.4) is 0 Å². The monoisotopic (exact) mass is 619 g/mol. The molecule has 0 spiro atoms. The molecule has 2 aromatic rings. The van der Waals surface area contributed by atoms with Gasteiger partial charge in [-0.15, -0.1) is 5.10 Å². The van der Waals surface area contributed by atoms with Crippen LogP contribution in [0.25, 0.3) is 0 Å². The van der Waals surface area contributed by atoms with Gasteiger partial charge in [0.15, 0.2) is 0 Å². The number of ether oxygens (including phenoxy) is 1. The molecule has 3 atom stereocenters. The van der Waals surface area contributed by atoms with Gasteiger partial charge in [-0.1, -0.05) is 29.7 Å². The molecular formula is C30H36ClF2N5O5. The normalized spacial score (nSPS) is 25.7. The first-order valence-corrected chi connectivity index (χ1v) is 15.5. The second-order valence-corrected chi connectivity index (χ2v) is 12.8. The van der Waals surface area contributed by atoms with Crippen molar-refractivity contribution in [2.24, 2.45) is 11.3 Å². The van der Waals surface area contributed by atoms with Crippen LogP contribution in [0.2, 0.25) is 5.02 Å². The molecule has 1 saturated heterocycles. The molecule has 232 valence electrons. The Labute approximate surface area is 253 Å². The number of halogens is 3. The van der Waals surface area contributed by atoms with E-state index in [1.807, 2.05) is 0 Å². The summed E-state index contributed by atoms with van der Waals surface area (Å²) in [6.45, 7) is 2.43. The molecule has 1 N–H and O–H groups in total. The summed E-state index contributed by atoms with van der Waals surface area (Å²) < 4.78 is 35.5. The molecule has 2 aliphatic carbocycles. The molecule has 0 radical (unpaired) electrons. The van der Waals surface area contributed by atoms with Crippen molar-refractivity contribution in [2.75, 3.05) is 19.6 Å². The number of benzene rings is 1. The maximum absolute atomic E-state index is 14.3. The number of carbonyl (C=O) groups excluding carboxylic acids is 2. The van der Waals surface area contributed by atoms with E-state index in [0.29, 0.717) is 61.5 Å². The molecule has 2 aliphatic heterocycles. The Morgan fingerprint density at radius 1 is 1.16 bits per heavy atom. The Bertz CT molecular complexity index is 1430. The van der Waals surface area contributed by atoms with Crippen LogP contribution in [-0.2, 0) is 27.4 Å². The van der Waals surface area contributed by atoms with Crippen molar-refractivity contribution in [3.63, 3.8) is 0 Å². The first-order valence-electron chi connectivity index (χ1n) is 15.1. The number of carboxylic acids is 1. The van der Waals surface area contributed by atoms with Gasteiger partial charge in [-0.25, -0.2) is 13.5 Å². The van der Waals surface area contributed by atoms with Crippen molar-refractivity contribution in [2.45, 2.75) is 89.8 Å². The number of carboxylic acid groups (broad SMARTS) is 1. The number of hydrogen-bond acceptors (Lipinski definition) is 6. The summed E-state index contributed by atoms with van der Waals surface area (Å²) in [6.07, 6.45) is 2.67. The third kappa shape index (κ3) is 5.47. The highest BCUT2D eigenvalue weighted by Crippen LogP contribution is 2.47. The van der Waals surface area contributed by atoms with Gasteiger partial charge in [0.25, 0.3) is 6.43 Å². The quantitative estimate of drug-likeness (QED) is 0.414. The fourth-order valence-electron chi connectivity index (χ4n) is 7.05. The molecule has 0 bridgehead atoms. The number of fused-ring (bicyclic) bond motifs is 1. The molecule has 6 rings (SSSR count). The Morgan fingerprint density at radius 3 is 2.63 bits per heavy atom. The molecule has 13 heteroatoms. The van der Waals surface area contributed by atoms with Crippen LogP contribution < -0.4 is 4.74 Å². The summed E-state index contributed by atoms with van der Waals surface area (Å²) in [7, 11) is 0. The summed E-state index contributed by atoms with van der Waals surface area (Å²) in [5.41, 5.74) is -0.0317. The molecule has 43 heavy (non-hydrogen) atoms. The van der Waals surface area contributed by atoms with Crippen LogP contribution in [0.5, 0.6) is 5.75 Å². The van der Waals surface area contributed by atoms with Gasteiger partial charge in [0.2, 0.25) is 11.8 Å². The number of alkyl halides is 2. The Kier molecular flexibility index (Phi) is 8.08. The highest BCUT2D eigenvalue weighted by atomic mass is 35.5. The zero-order valence-corrected chi connectivity index (χ0v) is 24.9. The number of carbonyl (C=O) groups is 3. The highest BCUT2D eigenvalue weighted by molar-refractivity contribution is 6.31. The molecule has 1 aromatic heterocycles. The van der Waals surface area contributed by atoms with E-state index >= 15 is 0 Å². The van der Waals surface area contributed by atoms with Crippen molar-refractivity contribution in [1.82, 2.24) is 24.8 Å². The summed E-state index contributed by atoms with van der Waals surface area (Å²) in [6, 6.07) is 2.61. The number of nitrogens with zero attached hydrogens (tertiary/aromatic N) is 5. The van der Waals surface area contributed by atoms with E-state index < -0.39 is 29.8 Å². The number of likely N-dealkylation sites (tertiary alicyclic amines) is 1. The van der Waals surface area contributed by atoms with Crippen LogP contribution in [0.1, 0.15) is 99.3 Å². The molecule has 3 fully saturated rings. The smallest absolute Gasteiger partial charge is 0.310 e. The summed E-state index contributed by atoms with van der Waals surface area (Å²) >= 11 is 6.67. The number of rotatable bonds is 9. The molecule has 4 aliphatic rings. The van der Waals surface area contributed by atoms with E-state index in [9.17, 15) is 28.3 Å². The van der Waals surface area contributed by atoms with Crippen LogP contribution in [0.4, 0.5) is 8.78 Å². The minimum absolute atomic E-state index is 0.0182. The van der Waals surface area contributed by atoms with E-state index in [4.69, 9.17) is 16.3 Å². The lowest BCUT2D eigenvalue weighted by Gasteiger charge is -2.45. The van der Waals surface area contributed by atoms with Crippen LogP contribution in [0, 0.1) is 11.3 Å². The number of hydrogen-bond donors (Lipinski definition) is 1. The largest absolute Gasteiger partial charge is 0.487 e. The van der Waals surface area contributed by atoms with Crippen LogP contribution in [-0.4, -0.2) is 67.3 Å². The third-order valence-electron chi connectivity index (χ3n) is 9.68. The summed E-state index contributed by atoms with van der Waals surface area (Å²) in [4.78, 5) is 42.9. The van der Waals surface area contributed by atoms with E-state index in [0.717, 1.165) is 31.2 Å². The lowest BCUT2D eigenvalue weighted by Crippen LogP contribution is -2.52. The average Bonchev–Trinajstić information content (AvgIpc) is 3.61. The standard InChI is InChI=1S/C30H36ClF2N5O5/c1-30(29(41)42)12-3-2-5-19(30)28(40)37-14-11-18-20(31)9-10-23(25(18)22(37)15-36-13-4-6-24(36)39)43-16-21-26(27(32)33)38(35-34-21)17-7-8-17/h9-10,17,19,22,27H,2-8,11-16H2,1H3,(H,41,42)/t19?,22-,30?/m1/s1. The van der Waals surface area contributed by atoms with Gasteiger partial charge in [-0.2, -0.15) is 0 Å². The molecule has 10 nitrogen and oxygen atoms in total. The Balaban J connectivity index is 1.36. The van der Waals surface area contributed by atoms with Gasteiger partial charge in [0, 0.05) is 36.6 Å². The van der Waals surface area contributed by atoms with Gasteiger partial charge in [0.05, 0.1) is 23.4 Å². The Hall–Kier alpha value is -3.28. The fraction of sp³-hybridized carbons (Fsp3) is 0.633. The fourth-order valence-corrected chi connectivity index (χ4v) is 7.31. The summed E-state index contributed by atoms with van der Waals surface area (Å²) in [5.74, 6) is -1.62. The SMILES string of the molecule is CC1(C(=O)O)CCCCC1C(=O)N1CCc2c(Cl)ccc(OCc3nnn(C4CC4)c3C(F)F)c2[C@H]1CN1CCCC1=O. The van der Waals surface area contributed by atoms with Crippen molar-refractivity contribution in [3.05, 3.63) is 39.7 Å². The van der Waals surface area contributed by atoms with E-state index in [1.54, 1.807) is 28.9 Å². The van der Waals surface area contributed by atoms with E-state index in [-0.39, 0.29) is 42.4 Å². The number of aromatic nitrogens is 3. The van der Waals surface area contributed by atoms with Gasteiger partial charge in [-0.3, -0.25) is 14.4 Å². The highest BCUT2D eigenvalue weighted by Gasteiger charge is 2.50. The van der Waals surface area contributed by atoms with Crippen molar-refractivity contribution in [1.29, 1.82) is 0 Å². The van der Waals surface area contributed by atoms with Gasteiger partial charge in [-0.05, 0) is 63.1 Å². The Morgan fingerprint density at radius 2 is 1.95 bits per heavy atom. The van der Waals surface area contributed by atoms with E-state index in [2.05, 4.69) is 10.3 Å². The lowest BCUT2D eigenvalue weighted by atomic mass is 9.66. The topological polar surface area (TPSA) is 118 Å². The summed E-state index contributed by atoms with van der Waals surface area (Å²) in [5, 5.41) is 18.6. The molecular weight excluding hydrogens is 584 g/mol. The minimum atomic E-state index is -2.77. The minimum Gasteiger partial charge on any atom is -0.487 e.